The minimum Gasteiger partial charge on any atom is -0.463 e. The van der Waals surface area contributed by atoms with Crippen molar-refractivity contribution in [3.05, 3.63) is 24.0 Å². The van der Waals surface area contributed by atoms with Crippen LogP contribution in [-0.4, -0.2) is 22.4 Å². The Hall–Kier alpha value is -1.58. The average Bonchev–Trinajstić information content (AvgIpc) is 2.64. The summed E-state index contributed by atoms with van der Waals surface area (Å²) in [7, 11) is 0. The van der Waals surface area contributed by atoms with Crippen LogP contribution in [-0.2, 0) is 16.1 Å². The number of esters is 1. The van der Waals surface area contributed by atoms with Crippen LogP contribution in [0.3, 0.4) is 0 Å². The lowest BCUT2D eigenvalue weighted by atomic mass is 10.3. The predicted molar refractivity (Wildman–Crippen MR) is 58.2 cm³/mol. The van der Waals surface area contributed by atoms with Crippen molar-refractivity contribution in [2.45, 2.75) is 26.8 Å². The largest absolute Gasteiger partial charge is 0.463 e. The SMILES string of the molecule is CCCn1cc(C=CC(=O)OCC)cn1. The highest BCUT2D eigenvalue weighted by molar-refractivity contribution is 5.86. The third kappa shape index (κ3) is 3.97. The maximum atomic E-state index is 11.0. The molecule has 82 valence electrons. The number of rotatable bonds is 5. The summed E-state index contributed by atoms with van der Waals surface area (Å²) in [5.41, 5.74) is 0.913. The van der Waals surface area contributed by atoms with E-state index in [1.165, 1.54) is 6.08 Å². The molecular formula is C11H16N2O2. The van der Waals surface area contributed by atoms with Gasteiger partial charge in [-0.1, -0.05) is 6.92 Å². The second-order valence-corrected chi connectivity index (χ2v) is 3.12. The fraction of sp³-hybridized carbons (Fsp3) is 0.455. The highest BCUT2D eigenvalue weighted by Gasteiger charge is 1.96. The van der Waals surface area contributed by atoms with E-state index >= 15 is 0 Å². The van der Waals surface area contributed by atoms with Crippen molar-refractivity contribution in [3.63, 3.8) is 0 Å². The molecule has 1 aromatic heterocycles. The van der Waals surface area contributed by atoms with Gasteiger partial charge in [-0.2, -0.15) is 5.10 Å². The molecular weight excluding hydrogens is 192 g/mol. The van der Waals surface area contributed by atoms with E-state index in [2.05, 4.69) is 12.0 Å². The molecule has 0 amide bonds. The van der Waals surface area contributed by atoms with Gasteiger partial charge in [-0.3, -0.25) is 4.68 Å². The van der Waals surface area contributed by atoms with Crippen LogP contribution >= 0.6 is 0 Å². The van der Waals surface area contributed by atoms with Crippen LogP contribution in [0.25, 0.3) is 6.08 Å². The Labute approximate surface area is 89.5 Å². The highest BCUT2D eigenvalue weighted by atomic mass is 16.5. The molecule has 0 unspecified atom stereocenters. The Morgan fingerprint density at radius 3 is 3.07 bits per heavy atom. The van der Waals surface area contributed by atoms with Crippen molar-refractivity contribution in [2.75, 3.05) is 6.61 Å². The van der Waals surface area contributed by atoms with E-state index in [0.717, 1.165) is 18.5 Å². The van der Waals surface area contributed by atoms with E-state index < -0.39 is 0 Å². The average molecular weight is 208 g/mol. The van der Waals surface area contributed by atoms with Gasteiger partial charge in [0.25, 0.3) is 0 Å². The highest BCUT2D eigenvalue weighted by Crippen LogP contribution is 2.01. The lowest BCUT2D eigenvalue weighted by Crippen LogP contribution is -1.98. The van der Waals surface area contributed by atoms with Gasteiger partial charge in [0, 0.05) is 24.4 Å². The molecule has 0 aliphatic rings. The van der Waals surface area contributed by atoms with Crippen LogP contribution in [0, 0.1) is 0 Å². The number of aryl methyl sites for hydroxylation is 1. The third-order valence-corrected chi connectivity index (χ3v) is 1.80. The lowest BCUT2D eigenvalue weighted by molar-refractivity contribution is -0.137. The predicted octanol–water partition coefficient (Wildman–Crippen LogP) is 1.87. The van der Waals surface area contributed by atoms with Crippen molar-refractivity contribution in [3.8, 4) is 0 Å². The van der Waals surface area contributed by atoms with E-state index in [-0.39, 0.29) is 5.97 Å². The molecule has 0 fully saturated rings. The molecule has 4 heteroatoms. The molecule has 4 nitrogen and oxygen atoms in total. The molecule has 0 aliphatic heterocycles. The molecule has 0 bridgehead atoms. The van der Waals surface area contributed by atoms with Gasteiger partial charge in [-0.25, -0.2) is 4.79 Å². The minimum atomic E-state index is -0.319. The first-order valence-electron chi connectivity index (χ1n) is 5.13. The normalized spacial score (nSPS) is 10.8. The molecule has 0 saturated heterocycles. The number of nitrogens with zero attached hydrogens (tertiary/aromatic N) is 2. The summed E-state index contributed by atoms with van der Waals surface area (Å²) in [6.07, 6.45) is 7.79. The summed E-state index contributed by atoms with van der Waals surface area (Å²) in [6, 6.07) is 0. The van der Waals surface area contributed by atoms with Gasteiger partial charge in [-0.05, 0) is 19.4 Å². The maximum Gasteiger partial charge on any atom is 0.330 e. The molecule has 0 N–H and O–H groups in total. The van der Waals surface area contributed by atoms with Crippen molar-refractivity contribution in [1.29, 1.82) is 0 Å². The quantitative estimate of drug-likeness (QED) is 0.548. The Kier molecular flexibility index (Phi) is 4.60. The molecule has 0 saturated carbocycles. The Balaban J connectivity index is 2.52. The monoisotopic (exact) mass is 208 g/mol. The van der Waals surface area contributed by atoms with Crippen LogP contribution in [0.4, 0.5) is 0 Å². The number of hydrogen-bond acceptors (Lipinski definition) is 3. The summed E-state index contributed by atoms with van der Waals surface area (Å²) in [4.78, 5) is 11.0. The second-order valence-electron chi connectivity index (χ2n) is 3.12. The molecule has 0 atom stereocenters. The van der Waals surface area contributed by atoms with Gasteiger partial charge in [0.2, 0.25) is 0 Å². The van der Waals surface area contributed by atoms with Gasteiger partial charge in [0.15, 0.2) is 0 Å². The fourth-order valence-corrected chi connectivity index (χ4v) is 1.17. The van der Waals surface area contributed by atoms with E-state index in [4.69, 9.17) is 4.74 Å². The van der Waals surface area contributed by atoms with E-state index in [1.807, 2.05) is 10.9 Å². The van der Waals surface area contributed by atoms with Gasteiger partial charge >= 0.3 is 5.97 Å². The van der Waals surface area contributed by atoms with Crippen molar-refractivity contribution < 1.29 is 9.53 Å². The summed E-state index contributed by atoms with van der Waals surface area (Å²) >= 11 is 0. The Bertz CT molecular complexity index is 342. The topological polar surface area (TPSA) is 44.1 Å². The summed E-state index contributed by atoms with van der Waals surface area (Å²) in [6.45, 7) is 5.17. The zero-order valence-electron chi connectivity index (χ0n) is 9.14. The number of carbonyl (C=O) groups is 1. The van der Waals surface area contributed by atoms with Crippen LogP contribution in [0.15, 0.2) is 18.5 Å². The zero-order chi connectivity index (χ0) is 11.1. The van der Waals surface area contributed by atoms with E-state index in [0.29, 0.717) is 6.61 Å². The van der Waals surface area contributed by atoms with Gasteiger partial charge in [0.1, 0.15) is 0 Å². The summed E-state index contributed by atoms with van der Waals surface area (Å²) < 4.78 is 6.62. The number of ether oxygens (including phenoxy) is 1. The van der Waals surface area contributed by atoms with Crippen LogP contribution in [0.5, 0.6) is 0 Å². The Morgan fingerprint density at radius 1 is 1.60 bits per heavy atom. The first-order valence-corrected chi connectivity index (χ1v) is 5.13. The van der Waals surface area contributed by atoms with Crippen LogP contribution in [0.1, 0.15) is 25.8 Å². The number of hydrogen-bond donors (Lipinski definition) is 0. The second kappa shape index (κ2) is 6.01. The van der Waals surface area contributed by atoms with Crippen molar-refractivity contribution >= 4 is 12.0 Å². The maximum absolute atomic E-state index is 11.0. The van der Waals surface area contributed by atoms with Crippen LogP contribution in [0.2, 0.25) is 0 Å². The van der Waals surface area contributed by atoms with Gasteiger partial charge in [-0.15, -0.1) is 0 Å². The molecule has 0 aromatic carbocycles. The molecule has 15 heavy (non-hydrogen) atoms. The first kappa shape index (κ1) is 11.5. The van der Waals surface area contributed by atoms with E-state index in [9.17, 15) is 4.79 Å². The van der Waals surface area contributed by atoms with Gasteiger partial charge in [0.05, 0.1) is 12.8 Å². The standard InChI is InChI=1S/C11H16N2O2/c1-3-7-13-9-10(8-12-13)5-6-11(14)15-4-2/h5-6,8-9H,3-4,7H2,1-2H3. The van der Waals surface area contributed by atoms with E-state index in [1.54, 1.807) is 19.2 Å². The number of carbonyl (C=O) groups excluding carboxylic acids is 1. The summed E-state index contributed by atoms with van der Waals surface area (Å²) in [5.74, 6) is -0.319. The molecule has 0 aliphatic carbocycles. The summed E-state index contributed by atoms with van der Waals surface area (Å²) in [5, 5.41) is 4.14. The van der Waals surface area contributed by atoms with Crippen molar-refractivity contribution in [2.24, 2.45) is 0 Å². The van der Waals surface area contributed by atoms with Gasteiger partial charge < -0.3 is 4.74 Å². The zero-order valence-corrected chi connectivity index (χ0v) is 9.14. The molecule has 1 rings (SSSR count). The lowest BCUT2D eigenvalue weighted by Gasteiger charge is -1.94. The number of aromatic nitrogens is 2. The minimum absolute atomic E-state index is 0.319. The third-order valence-electron chi connectivity index (χ3n) is 1.80. The molecule has 0 spiro atoms. The molecule has 0 radical (unpaired) electrons. The van der Waals surface area contributed by atoms with Crippen LogP contribution < -0.4 is 0 Å². The first-order chi connectivity index (χ1) is 7.26. The molecule has 1 aromatic rings. The smallest absolute Gasteiger partial charge is 0.330 e. The van der Waals surface area contributed by atoms with Crippen molar-refractivity contribution in [1.82, 2.24) is 9.78 Å². The Morgan fingerprint density at radius 2 is 2.40 bits per heavy atom. The fourth-order valence-electron chi connectivity index (χ4n) is 1.17. The molecule has 1 heterocycles.